The van der Waals surface area contributed by atoms with Gasteiger partial charge in [0.05, 0.1) is 0 Å². The first-order valence-corrected chi connectivity index (χ1v) is 6.04. The van der Waals surface area contributed by atoms with Crippen LogP contribution in [-0.2, 0) is 6.61 Å². The molecule has 0 fully saturated rings. The number of aromatic carboxylic acids is 1. The number of hydrogen-bond acceptors (Lipinski definition) is 3. The lowest BCUT2D eigenvalue weighted by Gasteiger charge is -2.10. The second-order valence-corrected chi connectivity index (χ2v) is 4.52. The highest BCUT2D eigenvalue weighted by Crippen LogP contribution is 2.23. The number of ether oxygens (including phenoxy) is 1. The van der Waals surface area contributed by atoms with Crippen LogP contribution in [0.15, 0.2) is 36.4 Å². The average molecular weight is 296 g/mol. The van der Waals surface area contributed by atoms with E-state index in [1.165, 1.54) is 36.4 Å². The molecule has 0 radical (unpaired) electrons. The van der Waals surface area contributed by atoms with Crippen LogP contribution in [0.2, 0.25) is 5.02 Å². The van der Waals surface area contributed by atoms with Gasteiger partial charge in [-0.1, -0.05) is 17.7 Å². The van der Waals surface area contributed by atoms with Crippen molar-refractivity contribution in [2.24, 2.45) is 0 Å². The molecule has 0 unspecified atom stereocenters. The molecule has 4 nitrogen and oxygen atoms in total. The molecule has 0 aromatic heterocycles. The molecule has 0 heterocycles. The summed E-state index contributed by atoms with van der Waals surface area (Å²) in [5, 5.41) is 9.33. The molecule has 0 aliphatic heterocycles. The van der Waals surface area contributed by atoms with Crippen LogP contribution in [-0.4, -0.2) is 11.1 Å². The fraction of sp³-hybridized carbons (Fsp3) is 0.0714. The normalized spacial score (nSPS) is 10.3. The Hall–Kier alpha value is -2.27. The third-order valence-electron chi connectivity index (χ3n) is 2.63. The molecular formula is C14H11ClFNO3. The molecule has 0 aliphatic rings. The topological polar surface area (TPSA) is 72.5 Å². The molecule has 0 spiro atoms. The predicted molar refractivity (Wildman–Crippen MR) is 73.6 cm³/mol. The Kier molecular flexibility index (Phi) is 4.10. The quantitative estimate of drug-likeness (QED) is 0.849. The molecule has 2 aromatic rings. The number of carbonyl (C=O) groups is 1. The second kappa shape index (κ2) is 5.79. The Morgan fingerprint density at radius 1 is 1.30 bits per heavy atom. The largest absolute Gasteiger partial charge is 0.488 e. The lowest BCUT2D eigenvalue weighted by molar-refractivity contribution is 0.0692. The molecule has 2 aromatic carbocycles. The van der Waals surface area contributed by atoms with Crippen molar-refractivity contribution in [1.82, 2.24) is 0 Å². The van der Waals surface area contributed by atoms with Gasteiger partial charge in [0.25, 0.3) is 0 Å². The zero-order valence-corrected chi connectivity index (χ0v) is 11.0. The van der Waals surface area contributed by atoms with E-state index in [4.69, 9.17) is 27.2 Å². The Labute approximate surface area is 119 Å². The first kappa shape index (κ1) is 14.1. The van der Waals surface area contributed by atoms with Crippen LogP contribution in [0.4, 0.5) is 10.1 Å². The van der Waals surface area contributed by atoms with Gasteiger partial charge in [0.1, 0.15) is 23.7 Å². The summed E-state index contributed by atoms with van der Waals surface area (Å²) in [6, 6.07) is 8.42. The van der Waals surface area contributed by atoms with Crippen molar-refractivity contribution >= 4 is 23.3 Å². The van der Waals surface area contributed by atoms with Crippen LogP contribution >= 0.6 is 11.6 Å². The molecule has 3 N–H and O–H groups in total. The molecule has 0 bridgehead atoms. The highest BCUT2D eigenvalue weighted by Gasteiger charge is 2.12. The van der Waals surface area contributed by atoms with E-state index < -0.39 is 11.8 Å². The van der Waals surface area contributed by atoms with Gasteiger partial charge in [-0.2, -0.15) is 0 Å². The number of halogens is 2. The van der Waals surface area contributed by atoms with Gasteiger partial charge in [-0.3, -0.25) is 0 Å². The van der Waals surface area contributed by atoms with Crippen LogP contribution in [0.25, 0.3) is 0 Å². The maximum absolute atomic E-state index is 13.6. The highest BCUT2D eigenvalue weighted by atomic mass is 35.5. The van der Waals surface area contributed by atoms with Crippen molar-refractivity contribution in [2.75, 3.05) is 5.73 Å². The minimum atomic E-state index is -1.16. The van der Waals surface area contributed by atoms with Crippen molar-refractivity contribution < 1.29 is 19.0 Å². The minimum Gasteiger partial charge on any atom is -0.488 e. The van der Waals surface area contributed by atoms with Crippen molar-refractivity contribution in [3.63, 3.8) is 0 Å². The Balaban J connectivity index is 2.20. The lowest BCUT2D eigenvalue weighted by atomic mass is 10.1. The number of benzene rings is 2. The molecular weight excluding hydrogens is 285 g/mol. The maximum atomic E-state index is 13.6. The number of nitrogens with two attached hydrogens (primary N) is 1. The summed E-state index contributed by atoms with van der Waals surface area (Å²) in [5.74, 6) is -1.55. The zero-order chi connectivity index (χ0) is 14.7. The first-order chi connectivity index (χ1) is 9.47. The van der Waals surface area contributed by atoms with Crippen molar-refractivity contribution in [1.29, 1.82) is 0 Å². The SMILES string of the molecule is Nc1ccc(OCc2ccc(Cl)cc2F)c(C(=O)O)c1. The smallest absolute Gasteiger partial charge is 0.339 e. The third kappa shape index (κ3) is 3.19. The summed E-state index contributed by atoms with van der Waals surface area (Å²) in [6.07, 6.45) is 0. The maximum Gasteiger partial charge on any atom is 0.339 e. The van der Waals surface area contributed by atoms with Gasteiger partial charge >= 0.3 is 5.97 Å². The number of nitrogen functional groups attached to an aromatic ring is 1. The second-order valence-electron chi connectivity index (χ2n) is 4.09. The van der Waals surface area contributed by atoms with E-state index in [0.29, 0.717) is 5.69 Å². The van der Waals surface area contributed by atoms with E-state index in [1.54, 1.807) is 0 Å². The van der Waals surface area contributed by atoms with Crippen molar-refractivity contribution in [2.45, 2.75) is 6.61 Å². The molecule has 0 saturated carbocycles. The van der Waals surface area contributed by atoms with E-state index >= 15 is 0 Å². The minimum absolute atomic E-state index is 0.0700. The van der Waals surface area contributed by atoms with Gasteiger partial charge in [-0.05, 0) is 30.3 Å². The Morgan fingerprint density at radius 2 is 2.05 bits per heavy atom. The zero-order valence-electron chi connectivity index (χ0n) is 10.3. The van der Waals surface area contributed by atoms with Crippen LogP contribution in [0.5, 0.6) is 5.75 Å². The van der Waals surface area contributed by atoms with Gasteiger partial charge in [0, 0.05) is 16.3 Å². The number of carboxylic acids is 1. The molecule has 0 aliphatic carbocycles. The van der Waals surface area contributed by atoms with Crippen molar-refractivity contribution in [3.8, 4) is 5.75 Å². The molecule has 2 rings (SSSR count). The van der Waals surface area contributed by atoms with Gasteiger partial charge in [-0.25, -0.2) is 9.18 Å². The van der Waals surface area contributed by atoms with Crippen LogP contribution in [0, 0.1) is 5.82 Å². The van der Waals surface area contributed by atoms with Crippen LogP contribution < -0.4 is 10.5 Å². The van der Waals surface area contributed by atoms with E-state index in [0.717, 1.165) is 0 Å². The number of hydrogen-bond donors (Lipinski definition) is 2. The van der Waals surface area contributed by atoms with E-state index in [9.17, 15) is 9.18 Å². The Bertz CT molecular complexity index is 661. The van der Waals surface area contributed by atoms with Crippen molar-refractivity contribution in [3.05, 3.63) is 58.4 Å². The fourth-order valence-corrected chi connectivity index (χ4v) is 1.79. The highest BCUT2D eigenvalue weighted by molar-refractivity contribution is 6.30. The summed E-state index contributed by atoms with van der Waals surface area (Å²) in [6.45, 7) is -0.104. The Morgan fingerprint density at radius 3 is 2.70 bits per heavy atom. The number of anilines is 1. The fourth-order valence-electron chi connectivity index (χ4n) is 1.63. The summed E-state index contributed by atoms with van der Waals surface area (Å²) < 4.78 is 18.9. The van der Waals surface area contributed by atoms with Crippen LogP contribution in [0.1, 0.15) is 15.9 Å². The van der Waals surface area contributed by atoms with E-state index in [2.05, 4.69) is 0 Å². The summed E-state index contributed by atoms with van der Waals surface area (Å²) >= 11 is 5.65. The number of rotatable bonds is 4. The first-order valence-electron chi connectivity index (χ1n) is 5.67. The van der Waals surface area contributed by atoms with Gasteiger partial charge in [0.15, 0.2) is 0 Å². The molecule has 0 atom stereocenters. The standard InChI is InChI=1S/C14H11ClFNO3/c15-9-2-1-8(12(16)5-9)7-20-13-4-3-10(17)6-11(13)14(18)19/h1-6H,7,17H2,(H,18,19). The van der Waals surface area contributed by atoms with E-state index in [1.807, 2.05) is 0 Å². The van der Waals surface area contributed by atoms with Crippen LogP contribution in [0.3, 0.4) is 0 Å². The van der Waals surface area contributed by atoms with Gasteiger partial charge in [-0.15, -0.1) is 0 Å². The molecule has 6 heteroatoms. The lowest BCUT2D eigenvalue weighted by Crippen LogP contribution is -2.05. The predicted octanol–water partition coefficient (Wildman–Crippen LogP) is 3.34. The summed E-state index contributed by atoms with van der Waals surface area (Å²) in [4.78, 5) is 11.1. The summed E-state index contributed by atoms with van der Waals surface area (Å²) in [5.41, 5.74) is 6.04. The third-order valence-corrected chi connectivity index (χ3v) is 2.87. The van der Waals surface area contributed by atoms with E-state index in [-0.39, 0.29) is 28.5 Å². The summed E-state index contributed by atoms with van der Waals surface area (Å²) in [7, 11) is 0. The average Bonchev–Trinajstić information content (AvgIpc) is 2.38. The monoisotopic (exact) mass is 295 g/mol. The van der Waals surface area contributed by atoms with Gasteiger partial charge in [0.2, 0.25) is 0 Å². The molecule has 20 heavy (non-hydrogen) atoms. The number of carboxylic acid groups (broad SMARTS) is 1. The molecule has 0 saturated heterocycles. The molecule has 0 amide bonds. The molecule has 104 valence electrons. The van der Waals surface area contributed by atoms with Gasteiger partial charge < -0.3 is 15.6 Å².